The highest BCUT2D eigenvalue weighted by atomic mass is 19.1. The Hall–Kier alpha value is -4.07. The summed E-state index contributed by atoms with van der Waals surface area (Å²) in [4.78, 5) is 24.3. The topological polar surface area (TPSA) is 88.0 Å². The number of anilines is 1. The number of aromatic amines is 1. The summed E-state index contributed by atoms with van der Waals surface area (Å²) in [6.45, 7) is 1.92. The van der Waals surface area contributed by atoms with Crippen LogP contribution < -0.4 is 5.32 Å². The molecule has 2 N–H and O–H groups in total. The van der Waals surface area contributed by atoms with Crippen molar-refractivity contribution < 1.29 is 9.18 Å². The maximum atomic E-state index is 14.5. The van der Waals surface area contributed by atoms with E-state index in [2.05, 4.69) is 25.4 Å². The number of hydrogen-bond acceptors (Lipinski definition) is 4. The fourth-order valence-electron chi connectivity index (χ4n) is 3.16. The first-order valence-corrected chi connectivity index (χ1v) is 8.95. The van der Waals surface area contributed by atoms with E-state index in [9.17, 15) is 9.18 Å². The number of aryl methyl sites for hydroxylation is 1. The summed E-state index contributed by atoms with van der Waals surface area (Å²) in [7, 11) is 0. The maximum absolute atomic E-state index is 14.5. The molecule has 8 heteroatoms. The van der Waals surface area contributed by atoms with E-state index in [0.717, 1.165) is 16.6 Å². The number of aromatic nitrogens is 5. The Morgan fingerprint density at radius 1 is 1.17 bits per heavy atom. The second-order valence-corrected chi connectivity index (χ2v) is 6.72. The van der Waals surface area contributed by atoms with Gasteiger partial charge in [-0.05, 0) is 55.0 Å². The second kappa shape index (κ2) is 6.52. The molecule has 0 unspecified atom stereocenters. The largest absolute Gasteiger partial charge is 0.336 e. The van der Waals surface area contributed by atoms with Crippen LogP contribution in [0, 0.1) is 12.7 Å². The summed E-state index contributed by atoms with van der Waals surface area (Å²) in [5.41, 5.74) is 3.96. The van der Waals surface area contributed by atoms with E-state index in [4.69, 9.17) is 0 Å². The van der Waals surface area contributed by atoms with Crippen molar-refractivity contribution in [1.29, 1.82) is 0 Å². The van der Waals surface area contributed by atoms with Crippen molar-refractivity contribution in [3.05, 3.63) is 78.0 Å². The van der Waals surface area contributed by atoms with Gasteiger partial charge < -0.3 is 10.3 Å². The summed E-state index contributed by atoms with van der Waals surface area (Å²) >= 11 is 0. The zero-order chi connectivity index (χ0) is 20.0. The molecule has 142 valence electrons. The summed E-state index contributed by atoms with van der Waals surface area (Å²) in [5, 5.41) is 7.01. The monoisotopic (exact) mass is 386 g/mol. The predicted octanol–water partition coefficient (Wildman–Crippen LogP) is 3.97. The van der Waals surface area contributed by atoms with Gasteiger partial charge in [0.1, 0.15) is 11.6 Å². The molecule has 1 amide bonds. The van der Waals surface area contributed by atoms with E-state index in [1.807, 2.05) is 31.2 Å². The maximum Gasteiger partial charge on any atom is 0.276 e. The summed E-state index contributed by atoms with van der Waals surface area (Å²) in [5.74, 6) is -0.487. The first kappa shape index (κ1) is 17.1. The van der Waals surface area contributed by atoms with Crippen molar-refractivity contribution in [2.75, 3.05) is 5.32 Å². The minimum atomic E-state index is -0.452. The Kier molecular flexibility index (Phi) is 3.83. The number of imidazole rings is 1. The molecule has 4 aromatic heterocycles. The van der Waals surface area contributed by atoms with E-state index in [1.54, 1.807) is 23.0 Å². The normalized spacial score (nSPS) is 11.2. The summed E-state index contributed by atoms with van der Waals surface area (Å²) < 4.78 is 16.1. The van der Waals surface area contributed by atoms with Crippen LogP contribution in [-0.4, -0.2) is 30.5 Å². The van der Waals surface area contributed by atoms with Crippen LogP contribution in [0.1, 0.15) is 16.1 Å². The van der Waals surface area contributed by atoms with Crippen molar-refractivity contribution in [2.45, 2.75) is 6.92 Å². The highest BCUT2D eigenvalue weighted by Crippen LogP contribution is 2.26. The highest BCUT2D eigenvalue weighted by molar-refractivity contribution is 6.03. The Bertz CT molecular complexity index is 1350. The molecule has 0 bridgehead atoms. The third-order valence-corrected chi connectivity index (χ3v) is 4.56. The number of halogens is 1. The number of H-pyrrole nitrogens is 1. The molecule has 0 aliphatic heterocycles. The zero-order valence-corrected chi connectivity index (χ0v) is 15.3. The van der Waals surface area contributed by atoms with E-state index in [0.29, 0.717) is 17.2 Å². The van der Waals surface area contributed by atoms with Crippen molar-refractivity contribution in [2.24, 2.45) is 0 Å². The Morgan fingerprint density at radius 2 is 2.07 bits per heavy atom. The standard InChI is InChI=1S/C21H15FN6O/c1-12-8-17-20(23-11-12)26-19(25-17)15-9-13(5-6-16(15)22)24-21(29)18-10-14-4-2-3-7-28(14)27-18/h2-11H,1H3,(H,24,29)(H,23,25,26). The molecule has 5 rings (SSSR count). The SMILES string of the molecule is Cc1cnc2nc(-c3cc(NC(=O)c4cc5ccccn5n4)ccc3F)[nH]c2c1. The summed E-state index contributed by atoms with van der Waals surface area (Å²) in [6.07, 6.45) is 3.47. The van der Waals surface area contributed by atoms with Crippen molar-refractivity contribution in [3.8, 4) is 11.4 Å². The number of nitrogens with zero attached hydrogens (tertiary/aromatic N) is 4. The number of rotatable bonds is 3. The lowest BCUT2D eigenvalue weighted by Gasteiger charge is -2.06. The molecule has 0 atom stereocenters. The van der Waals surface area contributed by atoms with Crippen LogP contribution in [0.4, 0.5) is 10.1 Å². The molecule has 0 radical (unpaired) electrons. The lowest BCUT2D eigenvalue weighted by atomic mass is 10.1. The van der Waals surface area contributed by atoms with Gasteiger partial charge in [0, 0.05) is 18.1 Å². The molecule has 0 fully saturated rings. The van der Waals surface area contributed by atoms with Gasteiger partial charge in [0.15, 0.2) is 11.3 Å². The molecular formula is C21H15FN6O. The fraction of sp³-hybridized carbons (Fsp3) is 0.0476. The highest BCUT2D eigenvalue weighted by Gasteiger charge is 2.15. The Balaban J connectivity index is 1.47. The van der Waals surface area contributed by atoms with Crippen LogP contribution in [0.15, 0.2) is 60.9 Å². The minimum absolute atomic E-state index is 0.244. The van der Waals surface area contributed by atoms with Crippen LogP contribution in [0.5, 0.6) is 0 Å². The van der Waals surface area contributed by atoms with Crippen molar-refractivity contribution in [1.82, 2.24) is 24.6 Å². The molecular weight excluding hydrogens is 371 g/mol. The van der Waals surface area contributed by atoms with E-state index in [-0.39, 0.29) is 17.2 Å². The Labute approximate surface area is 164 Å². The van der Waals surface area contributed by atoms with Gasteiger partial charge in [-0.15, -0.1) is 0 Å². The third-order valence-electron chi connectivity index (χ3n) is 4.56. The zero-order valence-electron chi connectivity index (χ0n) is 15.3. The molecule has 5 aromatic rings. The van der Waals surface area contributed by atoms with Gasteiger partial charge in [-0.2, -0.15) is 5.10 Å². The number of carbonyl (C=O) groups excluding carboxylic acids is 1. The number of carbonyl (C=O) groups is 1. The van der Waals surface area contributed by atoms with E-state index >= 15 is 0 Å². The number of fused-ring (bicyclic) bond motifs is 2. The van der Waals surface area contributed by atoms with Crippen LogP contribution in [0.3, 0.4) is 0 Å². The van der Waals surface area contributed by atoms with Crippen LogP contribution in [-0.2, 0) is 0 Å². The molecule has 29 heavy (non-hydrogen) atoms. The number of amides is 1. The summed E-state index contributed by atoms with van der Waals surface area (Å²) in [6, 6.07) is 13.5. The molecule has 1 aromatic carbocycles. The minimum Gasteiger partial charge on any atom is -0.336 e. The third kappa shape index (κ3) is 3.10. The first-order chi connectivity index (χ1) is 14.1. The molecule has 4 heterocycles. The fourth-order valence-corrected chi connectivity index (χ4v) is 3.16. The van der Waals surface area contributed by atoms with Gasteiger partial charge in [0.05, 0.1) is 16.6 Å². The number of hydrogen-bond donors (Lipinski definition) is 2. The smallest absolute Gasteiger partial charge is 0.276 e. The van der Waals surface area contributed by atoms with Gasteiger partial charge in [-0.3, -0.25) is 4.79 Å². The molecule has 0 spiro atoms. The van der Waals surface area contributed by atoms with Crippen LogP contribution in [0.2, 0.25) is 0 Å². The van der Waals surface area contributed by atoms with E-state index < -0.39 is 5.82 Å². The van der Waals surface area contributed by atoms with Gasteiger partial charge in [0.25, 0.3) is 5.91 Å². The van der Waals surface area contributed by atoms with Gasteiger partial charge in [-0.25, -0.2) is 18.9 Å². The van der Waals surface area contributed by atoms with Crippen LogP contribution in [0.25, 0.3) is 28.1 Å². The number of pyridine rings is 2. The molecule has 0 aliphatic rings. The van der Waals surface area contributed by atoms with Crippen LogP contribution >= 0.6 is 0 Å². The lowest BCUT2D eigenvalue weighted by Crippen LogP contribution is -2.12. The van der Waals surface area contributed by atoms with Crippen molar-refractivity contribution >= 4 is 28.3 Å². The average molecular weight is 386 g/mol. The molecule has 0 aliphatic carbocycles. The second-order valence-electron chi connectivity index (χ2n) is 6.72. The van der Waals surface area contributed by atoms with Gasteiger partial charge in [-0.1, -0.05) is 6.07 Å². The van der Waals surface area contributed by atoms with E-state index in [1.165, 1.54) is 18.2 Å². The number of benzene rings is 1. The first-order valence-electron chi connectivity index (χ1n) is 8.95. The lowest BCUT2D eigenvalue weighted by molar-refractivity contribution is 0.102. The van der Waals surface area contributed by atoms with Gasteiger partial charge >= 0.3 is 0 Å². The molecule has 7 nitrogen and oxygen atoms in total. The predicted molar refractivity (Wildman–Crippen MR) is 107 cm³/mol. The number of nitrogens with one attached hydrogen (secondary N) is 2. The molecule has 0 saturated heterocycles. The Morgan fingerprint density at radius 3 is 2.93 bits per heavy atom. The van der Waals surface area contributed by atoms with Crippen molar-refractivity contribution in [3.63, 3.8) is 0 Å². The molecule has 0 saturated carbocycles. The quantitative estimate of drug-likeness (QED) is 0.491. The van der Waals surface area contributed by atoms with Gasteiger partial charge in [0.2, 0.25) is 0 Å². The average Bonchev–Trinajstić information content (AvgIpc) is 3.33.